The van der Waals surface area contributed by atoms with Crippen LogP contribution in [0.2, 0.25) is 0 Å². The number of nitrogens with one attached hydrogen (secondary N) is 1. The standard InChI is InChI=1S/C17H29N3S/c1-12(2)9-7-5-6-8-10-19-15-11-13(3)20-14(4)16(15)17(18)21/h11-12H,5-10H2,1-4H3,(H2,18,21)(H,19,20). The second-order valence-electron chi connectivity index (χ2n) is 6.16. The molecule has 0 aliphatic rings. The van der Waals surface area contributed by atoms with E-state index in [2.05, 4.69) is 24.1 Å². The Bertz CT molecular complexity index is 469. The van der Waals surface area contributed by atoms with Crippen molar-refractivity contribution in [3.63, 3.8) is 0 Å². The van der Waals surface area contributed by atoms with Gasteiger partial charge in [0.1, 0.15) is 4.99 Å². The maximum Gasteiger partial charge on any atom is 0.107 e. The molecule has 0 aromatic carbocycles. The zero-order valence-corrected chi connectivity index (χ0v) is 14.6. The first-order chi connectivity index (χ1) is 9.91. The maximum atomic E-state index is 5.82. The summed E-state index contributed by atoms with van der Waals surface area (Å²) in [6, 6.07) is 2.03. The molecule has 0 fully saturated rings. The van der Waals surface area contributed by atoms with Crippen LogP contribution in [0.4, 0.5) is 5.69 Å². The quantitative estimate of drug-likeness (QED) is 0.526. The lowest BCUT2D eigenvalue weighted by molar-refractivity contribution is 0.523. The van der Waals surface area contributed by atoms with Crippen molar-refractivity contribution in [2.75, 3.05) is 11.9 Å². The fraction of sp³-hybridized carbons (Fsp3) is 0.647. The third-order valence-electron chi connectivity index (χ3n) is 3.60. The molecule has 0 aliphatic heterocycles. The zero-order chi connectivity index (χ0) is 15.8. The molecule has 0 spiro atoms. The largest absolute Gasteiger partial charge is 0.389 e. The molecular weight excluding hydrogens is 278 g/mol. The summed E-state index contributed by atoms with van der Waals surface area (Å²) in [5, 5.41) is 3.47. The van der Waals surface area contributed by atoms with E-state index in [1.165, 1.54) is 32.1 Å². The Balaban J connectivity index is 2.43. The molecule has 0 unspecified atom stereocenters. The van der Waals surface area contributed by atoms with Gasteiger partial charge < -0.3 is 11.1 Å². The summed E-state index contributed by atoms with van der Waals surface area (Å²) in [5.41, 5.74) is 9.62. The molecule has 1 heterocycles. The average molecular weight is 308 g/mol. The van der Waals surface area contributed by atoms with E-state index in [0.717, 1.165) is 35.1 Å². The van der Waals surface area contributed by atoms with E-state index < -0.39 is 0 Å². The summed E-state index contributed by atoms with van der Waals surface area (Å²) in [6.45, 7) is 9.48. The van der Waals surface area contributed by atoms with E-state index in [1.807, 2.05) is 19.9 Å². The van der Waals surface area contributed by atoms with Crippen molar-refractivity contribution in [2.45, 2.75) is 59.8 Å². The first-order valence-corrected chi connectivity index (χ1v) is 8.34. The number of pyridine rings is 1. The predicted octanol–water partition coefficient (Wildman–Crippen LogP) is 4.35. The minimum absolute atomic E-state index is 0.416. The molecule has 1 rings (SSSR count). The minimum atomic E-state index is 0.416. The molecule has 118 valence electrons. The Hall–Kier alpha value is -1.16. The number of aryl methyl sites for hydroxylation is 2. The number of nitrogens with zero attached hydrogens (tertiary/aromatic N) is 1. The molecule has 1 aromatic heterocycles. The third kappa shape index (κ3) is 6.42. The SMILES string of the molecule is Cc1cc(NCCCCCCC(C)C)c(C(N)=S)c(C)n1. The van der Waals surface area contributed by atoms with Gasteiger partial charge in [-0.05, 0) is 32.3 Å². The third-order valence-corrected chi connectivity index (χ3v) is 3.80. The van der Waals surface area contributed by atoms with E-state index in [4.69, 9.17) is 18.0 Å². The van der Waals surface area contributed by atoms with Crippen molar-refractivity contribution in [3.05, 3.63) is 23.0 Å². The van der Waals surface area contributed by atoms with Gasteiger partial charge in [-0.3, -0.25) is 4.98 Å². The number of hydrogen-bond acceptors (Lipinski definition) is 3. The van der Waals surface area contributed by atoms with Crippen molar-refractivity contribution in [2.24, 2.45) is 11.7 Å². The summed E-state index contributed by atoms with van der Waals surface area (Å²) >= 11 is 5.14. The number of thiocarbonyl (C=S) groups is 1. The van der Waals surface area contributed by atoms with Crippen LogP contribution in [0.25, 0.3) is 0 Å². The van der Waals surface area contributed by atoms with Crippen LogP contribution in [-0.4, -0.2) is 16.5 Å². The normalized spacial score (nSPS) is 10.9. The van der Waals surface area contributed by atoms with E-state index in [-0.39, 0.29) is 0 Å². The number of anilines is 1. The molecule has 0 bridgehead atoms. The van der Waals surface area contributed by atoms with Crippen molar-refractivity contribution >= 4 is 22.9 Å². The molecule has 4 heteroatoms. The van der Waals surface area contributed by atoms with Crippen LogP contribution in [0, 0.1) is 19.8 Å². The van der Waals surface area contributed by atoms with Crippen LogP contribution in [-0.2, 0) is 0 Å². The topological polar surface area (TPSA) is 50.9 Å². The van der Waals surface area contributed by atoms with Crippen molar-refractivity contribution in [1.82, 2.24) is 4.98 Å². The molecule has 0 saturated carbocycles. The van der Waals surface area contributed by atoms with Crippen LogP contribution in [0.15, 0.2) is 6.07 Å². The Labute approximate surface area is 134 Å². The summed E-state index contributed by atoms with van der Waals surface area (Å²) in [6.07, 6.45) is 6.43. The highest BCUT2D eigenvalue weighted by Gasteiger charge is 2.10. The molecule has 0 saturated heterocycles. The Morgan fingerprint density at radius 3 is 2.52 bits per heavy atom. The Morgan fingerprint density at radius 1 is 1.24 bits per heavy atom. The van der Waals surface area contributed by atoms with Crippen LogP contribution in [0.5, 0.6) is 0 Å². The fourth-order valence-corrected chi connectivity index (χ4v) is 2.79. The molecule has 3 N–H and O–H groups in total. The molecule has 0 atom stereocenters. The van der Waals surface area contributed by atoms with Gasteiger partial charge in [-0.25, -0.2) is 0 Å². The van der Waals surface area contributed by atoms with Crippen LogP contribution < -0.4 is 11.1 Å². The van der Waals surface area contributed by atoms with Crippen LogP contribution in [0.3, 0.4) is 0 Å². The first kappa shape index (κ1) is 17.9. The molecule has 21 heavy (non-hydrogen) atoms. The van der Waals surface area contributed by atoms with Crippen molar-refractivity contribution in [1.29, 1.82) is 0 Å². The van der Waals surface area contributed by atoms with Crippen LogP contribution in [0.1, 0.15) is 62.9 Å². The van der Waals surface area contributed by atoms with Gasteiger partial charge in [0.2, 0.25) is 0 Å². The monoisotopic (exact) mass is 307 g/mol. The van der Waals surface area contributed by atoms with E-state index in [0.29, 0.717) is 4.99 Å². The number of nitrogens with two attached hydrogens (primary N) is 1. The van der Waals surface area contributed by atoms with E-state index in [1.54, 1.807) is 0 Å². The van der Waals surface area contributed by atoms with Crippen LogP contribution >= 0.6 is 12.2 Å². The average Bonchev–Trinajstić information content (AvgIpc) is 2.35. The lowest BCUT2D eigenvalue weighted by Gasteiger charge is -2.14. The Morgan fingerprint density at radius 2 is 1.90 bits per heavy atom. The Kier molecular flexibility index (Phi) is 7.65. The number of hydrogen-bond donors (Lipinski definition) is 2. The number of unbranched alkanes of at least 4 members (excludes halogenated alkanes) is 3. The molecule has 0 amide bonds. The second-order valence-corrected chi connectivity index (χ2v) is 6.60. The molecular formula is C17H29N3S. The van der Waals surface area contributed by atoms with Gasteiger partial charge in [-0.15, -0.1) is 0 Å². The number of aromatic nitrogens is 1. The lowest BCUT2D eigenvalue weighted by Crippen LogP contribution is -2.17. The summed E-state index contributed by atoms with van der Waals surface area (Å²) < 4.78 is 0. The highest BCUT2D eigenvalue weighted by atomic mass is 32.1. The lowest BCUT2D eigenvalue weighted by atomic mass is 10.0. The van der Waals surface area contributed by atoms with Gasteiger partial charge in [-0.1, -0.05) is 51.7 Å². The van der Waals surface area contributed by atoms with Gasteiger partial charge in [0.25, 0.3) is 0 Å². The van der Waals surface area contributed by atoms with Crippen molar-refractivity contribution < 1.29 is 0 Å². The van der Waals surface area contributed by atoms with Crippen molar-refractivity contribution in [3.8, 4) is 0 Å². The summed E-state index contributed by atoms with van der Waals surface area (Å²) in [4.78, 5) is 4.85. The zero-order valence-electron chi connectivity index (χ0n) is 13.8. The highest BCUT2D eigenvalue weighted by molar-refractivity contribution is 7.80. The van der Waals surface area contributed by atoms with Gasteiger partial charge >= 0.3 is 0 Å². The van der Waals surface area contributed by atoms with E-state index >= 15 is 0 Å². The molecule has 3 nitrogen and oxygen atoms in total. The summed E-state index contributed by atoms with van der Waals surface area (Å²) in [7, 11) is 0. The van der Waals surface area contributed by atoms with Gasteiger partial charge in [0.05, 0.1) is 5.56 Å². The molecule has 0 radical (unpaired) electrons. The summed E-state index contributed by atoms with van der Waals surface area (Å²) in [5.74, 6) is 0.819. The van der Waals surface area contributed by atoms with Gasteiger partial charge in [0, 0.05) is 23.6 Å². The second kappa shape index (κ2) is 8.98. The van der Waals surface area contributed by atoms with Gasteiger partial charge in [-0.2, -0.15) is 0 Å². The minimum Gasteiger partial charge on any atom is -0.389 e. The number of rotatable bonds is 9. The van der Waals surface area contributed by atoms with E-state index in [9.17, 15) is 0 Å². The highest BCUT2D eigenvalue weighted by Crippen LogP contribution is 2.20. The first-order valence-electron chi connectivity index (χ1n) is 7.93. The van der Waals surface area contributed by atoms with Gasteiger partial charge in [0.15, 0.2) is 0 Å². The maximum absolute atomic E-state index is 5.82. The molecule has 1 aromatic rings. The smallest absolute Gasteiger partial charge is 0.107 e. The molecule has 0 aliphatic carbocycles. The predicted molar refractivity (Wildman–Crippen MR) is 96.0 cm³/mol. The fourth-order valence-electron chi connectivity index (χ4n) is 2.53.